The van der Waals surface area contributed by atoms with Crippen molar-refractivity contribution >= 4 is 40.4 Å². The van der Waals surface area contributed by atoms with Gasteiger partial charge in [-0.1, -0.05) is 41.4 Å². The van der Waals surface area contributed by atoms with Crippen molar-refractivity contribution < 1.29 is 9.18 Å². The standard InChI is InChI=1S/C12H8Cl2FNOS/c13-10-5-8(11(14)18-10)12(17)16-6-7-3-1-2-4-9(7)15/h1-5H,6H2,(H,16,17). The quantitative estimate of drug-likeness (QED) is 0.908. The summed E-state index contributed by atoms with van der Waals surface area (Å²) in [6.45, 7) is 0.106. The van der Waals surface area contributed by atoms with Gasteiger partial charge in [0.25, 0.3) is 5.91 Å². The lowest BCUT2D eigenvalue weighted by Gasteiger charge is -2.05. The minimum Gasteiger partial charge on any atom is -0.348 e. The summed E-state index contributed by atoms with van der Waals surface area (Å²) in [6, 6.07) is 7.74. The summed E-state index contributed by atoms with van der Waals surface area (Å²) >= 11 is 12.7. The fourth-order valence-electron chi connectivity index (χ4n) is 1.41. The third-order valence-corrected chi connectivity index (χ3v) is 3.79. The van der Waals surface area contributed by atoms with Crippen molar-refractivity contribution in [3.05, 3.63) is 55.9 Å². The molecule has 1 heterocycles. The minimum atomic E-state index is -0.369. The van der Waals surface area contributed by atoms with Gasteiger partial charge in [-0.25, -0.2) is 4.39 Å². The van der Waals surface area contributed by atoms with E-state index in [1.54, 1.807) is 18.2 Å². The molecule has 0 spiro atoms. The average Bonchev–Trinajstić information content (AvgIpc) is 2.67. The predicted molar refractivity (Wildman–Crippen MR) is 71.9 cm³/mol. The smallest absolute Gasteiger partial charge is 0.253 e. The fraction of sp³-hybridized carbons (Fsp3) is 0.0833. The van der Waals surface area contributed by atoms with Crippen LogP contribution in [0.25, 0.3) is 0 Å². The van der Waals surface area contributed by atoms with E-state index in [1.165, 1.54) is 12.1 Å². The first-order valence-corrected chi connectivity index (χ1v) is 6.61. The number of nitrogens with one attached hydrogen (secondary N) is 1. The van der Waals surface area contributed by atoms with E-state index < -0.39 is 0 Å². The fourth-order valence-corrected chi connectivity index (χ4v) is 2.87. The first-order chi connectivity index (χ1) is 8.58. The zero-order valence-corrected chi connectivity index (χ0v) is 11.4. The molecule has 0 bridgehead atoms. The summed E-state index contributed by atoms with van der Waals surface area (Å²) in [7, 11) is 0. The number of hydrogen-bond acceptors (Lipinski definition) is 2. The summed E-state index contributed by atoms with van der Waals surface area (Å²) in [4.78, 5) is 11.8. The number of halogens is 3. The molecule has 1 aromatic carbocycles. The highest BCUT2D eigenvalue weighted by atomic mass is 35.5. The largest absolute Gasteiger partial charge is 0.348 e. The van der Waals surface area contributed by atoms with Crippen LogP contribution in [0.3, 0.4) is 0 Å². The van der Waals surface area contributed by atoms with E-state index in [0.717, 1.165) is 11.3 Å². The predicted octanol–water partition coefficient (Wildman–Crippen LogP) is 4.12. The van der Waals surface area contributed by atoms with Crippen molar-refractivity contribution in [2.45, 2.75) is 6.54 Å². The number of hydrogen-bond donors (Lipinski definition) is 1. The summed E-state index contributed by atoms with van der Waals surface area (Å²) < 4.78 is 14.1. The second-order valence-corrected chi connectivity index (χ2v) is 5.80. The SMILES string of the molecule is O=C(NCc1ccccc1F)c1cc(Cl)sc1Cl. The van der Waals surface area contributed by atoms with E-state index in [-0.39, 0.29) is 18.3 Å². The molecular weight excluding hydrogens is 296 g/mol. The molecule has 2 aromatic rings. The van der Waals surface area contributed by atoms with Gasteiger partial charge in [0.1, 0.15) is 10.2 Å². The van der Waals surface area contributed by atoms with Crippen molar-refractivity contribution in [1.82, 2.24) is 5.32 Å². The molecule has 18 heavy (non-hydrogen) atoms. The zero-order valence-electron chi connectivity index (χ0n) is 9.04. The second kappa shape index (κ2) is 5.69. The highest BCUT2D eigenvalue weighted by molar-refractivity contribution is 7.20. The lowest BCUT2D eigenvalue weighted by Crippen LogP contribution is -2.23. The minimum absolute atomic E-state index is 0.106. The molecule has 0 atom stereocenters. The molecular formula is C12H8Cl2FNOS. The van der Waals surface area contributed by atoms with Crippen molar-refractivity contribution in [2.75, 3.05) is 0 Å². The Bertz CT molecular complexity index is 585. The van der Waals surface area contributed by atoms with Crippen LogP contribution in [-0.2, 0) is 6.54 Å². The van der Waals surface area contributed by atoms with Crippen LogP contribution in [0, 0.1) is 5.82 Å². The van der Waals surface area contributed by atoms with Crippen molar-refractivity contribution in [1.29, 1.82) is 0 Å². The lowest BCUT2D eigenvalue weighted by molar-refractivity contribution is 0.0951. The van der Waals surface area contributed by atoms with Crippen LogP contribution in [0.4, 0.5) is 4.39 Å². The van der Waals surface area contributed by atoms with Gasteiger partial charge in [0.2, 0.25) is 0 Å². The van der Waals surface area contributed by atoms with E-state index in [2.05, 4.69) is 5.32 Å². The Morgan fingerprint density at radius 1 is 1.33 bits per heavy atom. The van der Waals surface area contributed by atoms with Crippen LogP contribution in [0.15, 0.2) is 30.3 Å². The molecule has 0 saturated heterocycles. The molecule has 0 unspecified atom stereocenters. The second-order valence-electron chi connectivity index (χ2n) is 3.51. The molecule has 0 fully saturated rings. The number of benzene rings is 1. The van der Waals surface area contributed by atoms with Gasteiger partial charge in [-0.3, -0.25) is 4.79 Å². The molecule has 1 amide bonds. The summed E-state index contributed by atoms with van der Waals surface area (Å²) in [5.41, 5.74) is 0.728. The van der Waals surface area contributed by atoms with Crippen LogP contribution >= 0.6 is 34.5 Å². The molecule has 0 radical (unpaired) electrons. The first kappa shape index (κ1) is 13.3. The van der Waals surface area contributed by atoms with Crippen LogP contribution in [0.1, 0.15) is 15.9 Å². The van der Waals surface area contributed by atoms with Gasteiger partial charge < -0.3 is 5.32 Å². The van der Waals surface area contributed by atoms with Crippen molar-refractivity contribution in [3.63, 3.8) is 0 Å². The molecule has 2 rings (SSSR count). The molecule has 0 saturated carbocycles. The molecule has 94 valence electrons. The summed E-state index contributed by atoms with van der Waals surface area (Å²) in [6.07, 6.45) is 0. The van der Waals surface area contributed by atoms with Gasteiger partial charge in [-0.15, -0.1) is 11.3 Å². The zero-order chi connectivity index (χ0) is 13.1. The van der Waals surface area contributed by atoms with Gasteiger partial charge in [0.05, 0.1) is 9.90 Å². The summed E-state index contributed by atoms with van der Waals surface area (Å²) in [5, 5.41) is 2.59. The Hall–Kier alpha value is -1.10. The number of carbonyl (C=O) groups excluding carboxylic acids is 1. The maximum Gasteiger partial charge on any atom is 0.253 e. The molecule has 6 heteroatoms. The van der Waals surface area contributed by atoms with Crippen LogP contribution in [0.5, 0.6) is 0 Å². The Morgan fingerprint density at radius 3 is 2.67 bits per heavy atom. The third-order valence-electron chi connectivity index (χ3n) is 2.30. The lowest BCUT2D eigenvalue weighted by atomic mass is 10.2. The van der Waals surface area contributed by atoms with Crippen LogP contribution in [-0.4, -0.2) is 5.91 Å². The number of rotatable bonds is 3. The number of carbonyl (C=O) groups is 1. The van der Waals surface area contributed by atoms with Gasteiger partial charge >= 0.3 is 0 Å². The van der Waals surface area contributed by atoms with Gasteiger partial charge in [-0.2, -0.15) is 0 Å². The van der Waals surface area contributed by atoms with E-state index >= 15 is 0 Å². The number of amides is 1. The highest BCUT2D eigenvalue weighted by Gasteiger charge is 2.14. The molecule has 1 aromatic heterocycles. The van der Waals surface area contributed by atoms with Crippen LogP contribution < -0.4 is 5.32 Å². The molecule has 0 aliphatic heterocycles. The topological polar surface area (TPSA) is 29.1 Å². The molecule has 0 aliphatic rings. The average molecular weight is 304 g/mol. The highest BCUT2D eigenvalue weighted by Crippen LogP contribution is 2.30. The third kappa shape index (κ3) is 3.02. The normalized spacial score (nSPS) is 10.4. The Labute approximate surface area is 117 Å². The van der Waals surface area contributed by atoms with Gasteiger partial charge in [0, 0.05) is 12.1 Å². The van der Waals surface area contributed by atoms with E-state index in [9.17, 15) is 9.18 Å². The van der Waals surface area contributed by atoms with Crippen molar-refractivity contribution in [3.8, 4) is 0 Å². The van der Waals surface area contributed by atoms with E-state index in [1.807, 2.05) is 0 Å². The first-order valence-electron chi connectivity index (χ1n) is 5.04. The maximum absolute atomic E-state index is 13.3. The van der Waals surface area contributed by atoms with Crippen LogP contribution in [0.2, 0.25) is 8.67 Å². The van der Waals surface area contributed by atoms with E-state index in [0.29, 0.717) is 19.8 Å². The maximum atomic E-state index is 13.3. The van der Waals surface area contributed by atoms with Gasteiger partial charge in [0.15, 0.2) is 0 Å². The van der Waals surface area contributed by atoms with E-state index in [4.69, 9.17) is 23.2 Å². The van der Waals surface area contributed by atoms with Gasteiger partial charge in [-0.05, 0) is 12.1 Å². The monoisotopic (exact) mass is 303 g/mol. The Kier molecular flexibility index (Phi) is 4.22. The van der Waals surface area contributed by atoms with Crippen molar-refractivity contribution in [2.24, 2.45) is 0 Å². The molecule has 0 aliphatic carbocycles. The Morgan fingerprint density at radius 2 is 2.06 bits per heavy atom. The summed E-state index contributed by atoms with van der Waals surface area (Å²) in [5.74, 6) is -0.723. The molecule has 1 N–H and O–H groups in total. The Balaban J connectivity index is 2.05. The molecule has 2 nitrogen and oxygen atoms in total. The number of thiophene rings is 1.